The van der Waals surface area contributed by atoms with Gasteiger partial charge in [0.25, 0.3) is 5.56 Å². The van der Waals surface area contributed by atoms with Crippen molar-refractivity contribution in [3.05, 3.63) is 32.6 Å². The highest BCUT2D eigenvalue weighted by molar-refractivity contribution is 5.19. The molecule has 0 aromatic carbocycles. The summed E-state index contributed by atoms with van der Waals surface area (Å²) in [6, 6.07) is 3.45. The minimum Gasteiger partial charge on any atom is -0.394 e. The van der Waals surface area contributed by atoms with Gasteiger partial charge in [0.2, 0.25) is 0 Å². The molecule has 2 rings (SSSR count). The third kappa shape index (κ3) is 2.35. The Morgan fingerprint density at radius 2 is 2.24 bits per heavy atom. The fourth-order valence-corrected chi connectivity index (χ4v) is 2.59. The van der Waals surface area contributed by atoms with Gasteiger partial charge in [0.05, 0.1) is 6.61 Å². The summed E-state index contributed by atoms with van der Waals surface area (Å²) in [7, 11) is 0. The quantitative estimate of drug-likeness (QED) is 0.369. The van der Waals surface area contributed by atoms with Crippen molar-refractivity contribution in [3.8, 4) is 12.0 Å². The first-order valence-corrected chi connectivity index (χ1v) is 6.34. The molecule has 4 atom stereocenters. The molecule has 1 aromatic rings. The van der Waals surface area contributed by atoms with Gasteiger partial charge in [-0.05, 0) is 13.8 Å². The van der Waals surface area contributed by atoms with Crippen LogP contribution in [0.25, 0.3) is 0 Å². The largest absolute Gasteiger partial charge is 0.394 e. The summed E-state index contributed by atoms with van der Waals surface area (Å²) >= 11 is 0. The number of aromatic amines is 1. The number of hydrogen-bond acceptors (Lipinski definition) is 6. The summed E-state index contributed by atoms with van der Waals surface area (Å²) in [4.78, 5) is 25.5. The summed E-state index contributed by atoms with van der Waals surface area (Å²) in [6.07, 6.45) is -3.02. The van der Waals surface area contributed by atoms with E-state index in [1.54, 1.807) is 13.8 Å². The van der Waals surface area contributed by atoms with Crippen molar-refractivity contribution in [2.24, 2.45) is 11.1 Å². The third-order valence-corrected chi connectivity index (χ3v) is 3.71. The Hall–Kier alpha value is -2.08. The van der Waals surface area contributed by atoms with Crippen LogP contribution in [0.2, 0.25) is 0 Å². The van der Waals surface area contributed by atoms with E-state index in [1.807, 2.05) is 0 Å². The standard InChI is InChI=1S/C13H17N3O5/c1-7-5-9(18)15-12(20)16(7)11-13(2,3-4-14)10(19)8(6-17)21-11/h5,8,10-11,17,19H,6,14H2,1-2H3,(H,15,18,20)/t8-,10?,11-,13+/m1/s1. The molecule has 1 aliphatic heterocycles. The van der Waals surface area contributed by atoms with Gasteiger partial charge < -0.3 is 20.7 Å². The molecular weight excluding hydrogens is 278 g/mol. The topological polar surface area (TPSA) is 131 Å². The van der Waals surface area contributed by atoms with E-state index >= 15 is 0 Å². The normalized spacial score (nSPS) is 31.7. The molecule has 0 spiro atoms. The van der Waals surface area contributed by atoms with Crippen LogP contribution in [0.1, 0.15) is 18.8 Å². The van der Waals surface area contributed by atoms with Gasteiger partial charge in [0.15, 0.2) is 6.23 Å². The molecule has 0 bridgehead atoms. The fraction of sp³-hybridized carbons (Fsp3) is 0.538. The van der Waals surface area contributed by atoms with Crippen molar-refractivity contribution in [1.29, 1.82) is 0 Å². The average Bonchev–Trinajstić information content (AvgIpc) is 2.63. The Morgan fingerprint density at radius 1 is 1.57 bits per heavy atom. The number of rotatable bonds is 2. The lowest BCUT2D eigenvalue weighted by Crippen LogP contribution is -2.42. The van der Waals surface area contributed by atoms with Crippen molar-refractivity contribution in [1.82, 2.24) is 9.55 Å². The molecule has 1 unspecified atom stereocenters. The monoisotopic (exact) mass is 295 g/mol. The SMILES string of the molecule is Cc1cc(=O)[nH]c(=O)n1[C@@H]1O[C@H](CO)C(O)[C@]1(C)C#CN. The van der Waals surface area contributed by atoms with E-state index in [9.17, 15) is 19.8 Å². The summed E-state index contributed by atoms with van der Waals surface area (Å²) in [5.41, 5.74) is 3.19. The van der Waals surface area contributed by atoms with Gasteiger partial charge in [-0.2, -0.15) is 0 Å². The van der Waals surface area contributed by atoms with Gasteiger partial charge >= 0.3 is 5.69 Å². The van der Waals surface area contributed by atoms with E-state index in [-0.39, 0.29) is 0 Å². The number of aliphatic hydroxyl groups is 2. The lowest BCUT2D eigenvalue weighted by Gasteiger charge is -2.28. The molecule has 0 radical (unpaired) electrons. The van der Waals surface area contributed by atoms with Gasteiger partial charge in [-0.3, -0.25) is 14.3 Å². The minimum absolute atomic E-state index is 0.351. The number of nitrogens with one attached hydrogen (secondary N) is 1. The molecule has 8 heteroatoms. The van der Waals surface area contributed by atoms with Gasteiger partial charge in [-0.25, -0.2) is 4.79 Å². The van der Waals surface area contributed by atoms with Crippen molar-refractivity contribution in [2.75, 3.05) is 6.61 Å². The number of hydrogen-bond donors (Lipinski definition) is 4. The predicted molar refractivity (Wildman–Crippen MR) is 73.1 cm³/mol. The van der Waals surface area contributed by atoms with E-state index in [1.165, 1.54) is 10.6 Å². The highest BCUT2D eigenvalue weighted by Gasteiger charge is 2.53. The van der Waals surface area contributed by atoms with E-state index < -0.39 is 41.7 Å². The molecule has 2 heterocycles. The highest BCUT2D eigenvalue weighted by atomic mass is 16.5. The molecule has 1 fully saturated rings. The van der Waals surface area contributed by atoms with Crippen LogP contribution < -0.4 is 17.0 Å². The zero-order chi connectivity index (χ0) is 15.8. The number of H-pyrrole nitrogens is 1. The average molecular weight is 295 g/mol. The molecule has 0 aliphatic carbocycles. The summed E-state index contributed by atoms with van der Waals surface area (Å²) in [6.45, 7) is 2.71. The second-order valence-electron chi connectivity index (χ2n) is 5.16. The number of aliphatic hydroxyl groups excluding tert-OH is 2. The van der Waals surface area contributed by atoms with Gasteiger partial charge in [0.1, 0.15) is 17.6 Å². The van der Waals surface area contributed by atoms with Crippen LogP contribution in [0.3, 0.4) is 0 Å². The molecule has 1 aliphatic rings. The number of aromatic nitrogens is 2. The molecule has 5 N–H and O–H groups in total. The Balaban J connectivity index is 2.64. The smallest absolute Gasteiger partial charge is 0.330 e. The Morgan fingerprint density at radius 3 is 2.76 bits per heavy atom. The van der Waals surface area contributed by atoms with Crippen molar-refractivity contribution < 1.29 is 14.9 Å². The molecule has 114 valence electrons. The Kier molecular flexibility index (Phi) is 3.91. The van der Waals surface area contributed by atoms with Crippen LogP contribution >= 0.6 is 0 Å². The van der Waals surface area contributed by atoms with E-state index in [0.717, 1.165) is 0 Å². The van der Waals surface area contributed by atoms with Gasteiger partial charge in [-0.15, -0.1) is 0 Å². The molecular formula is C13H17N3O5. The number of nitrogens with two attached hydrogens (primary N) is 1. The van der Waals surface area contributed by atoms with Crippen LogP contribution in [0.15, 0.2) is 15.7 Å². The lowest BCUT2D eigenvalue weighted by atomic mass is 9.83. The van der Waals surface area contributed by atoms with Crippen LogP contribution in [0.4, 0.5) is 0 Å². The predicted octanol–water partition coefficient (Wildman–Crippen LogP) is -1.98. The minimum atomic E-state index is -1.20. The molecule has 1 saturated heterocycles. The first-order chi connectivity index (χ1) is 9.85. The number of ether oxygens (including phenoxy) is 1. The number of aryl methyl sites for hydroxylation is 1. The first kappa shape index (κ1) is 15.3. The second-order valence-corrected chi connectivity index (χ2v) is 5.16. The molecule has 8 nitrogen and oxygen atoms in total. The summed E-state index contributed by atoms with van der Waals surface area (Å²) in [5, 5.41) is 19.6. The molecule has 21 heavy (non-hydrogen) atoms. The van der Waals surface area contributed by atoms with E-state index in [0.29, 0.717) is 5.69 Å². The lowest BCUT2D eigenvalue weighted by molar-refractivity contribution is -0.0510. The molecule has 0 amide bonds. The van der Waals surface area contributed by atoms with Gasteiger partial charge in [-0.1, -0.05) is 5.92 Å². The zero-order valence-corrected chi connectivity index (χ0v) is 11.7. The maximum absolute atomic E-state index is 12.0. The maximum atomic E-state index is 12.0. The van der Waals surface area contributed by atoms with Crippen LogP contribution in [-0.4, -0.2) is 38.6 Å². The third-order valence-electron chi connectivity index (χ3n) is 3.71. The maximum Gasteiger partial charge on any atom is 0.330 e. The van der Waals surface area contributed by atoms with Crippen LogP contribution in [-0.2, 0) is 4.74 Å². The van der Waals surface area contributed by atoms with Crippen LogP contribution in [0, 0.1) is 24.3 Å². The van der Waals surface area contributed by atoms with Crippen molar-refractivity contribution in [3.63, 3.8) is 0 Å². The first-order valence-electron chi connectivity index (χ1n) is 6.34. The van der Waals surface area contributed by atoms with Gasteiger partial charge in [0, 0.05) is 17.8 Å². The second kappa shape index (κ2) is 5.37. The van der Waals surface area contributed by atoms with Crippen LogP contribution in [0.5, 0.6) is 0 Å². The molecule has 1 aromatic heterocycles. The van der Waals surface area contributed by atoms with Crippen molar-refractivity contribution >= 4 is 0 Å². The Labute approximate surface area is 120 Å². The fourth-order valence-electron chi connectivity index (χ4n) is 2.59. The summed E-state index contributed by atoms with van der Waals surface area (Å²) < 4.78 is 6.75. The number of nitrogens with zero attached hydrogens (tertiary/aromatic N) is 1. The Bertz CT molecular complexity index is 713. The molecule has 0 saturated carbocycles. The van der Waals surface area contributed by atoms with E-state index in [4.69, 9.17) is 10.5 Å². The highest BCUT2D eigenvalue weighted by Crippen LogP contribution is 2.44. The zero-order valence-electron chi connectivity index (χ0n) is 11.7. The van der Waals surface area contributed by atoms with Crippen molar-refractivity contribution in [2.45, 2.75) is 32.3 Å². The summed E-state index contributed by atoms with van der Waals surface area (Å²) in [5.74, 6) is 2.64. The van der Waals surface area contributed by atoms with E-state index in [2.05, 4.69) is 16.9 Å².